The average molecular weight is 515 g/mol. The van der Waals surface area contributed by atoms with Crippen LogP contribution in [0.4, 0.5) is 0 Å². The number of aromatic amines is 1. The van der Waals surface area contributed by atoms with Crippen LogP contribution in [0, 0.1) is 11.8 Å². The lowest BCUT2D eigenvalue weighted by Crippen LogP contribution is -2.41. The molecule has 0 aliphatic carbocycles. The minimum atomic E-state index is 0. The molecule has 4 heterocycles. The van der Waals surface area contributed by atoms with Gasteiger partial charge in [-0.1, -0.05) is 11.6 Å². The molecule has 2 aromatic rings. The van der Waals surface area contributed by atoms with Crippen molar-refractivity contribution >= 4 is 52.4 Å². The summed E-state index contributed by atoms with van der Waals surface area (Å²) in [4.78, 5) is 10.7. The first kappa shape index (κ1) is 20.3. The maximum atomic E-state index is 6.17. The average Bonchev–Trinajstić information content (AvgIpc) is 3.42. The molecule has 28 heavy (non-hydrogen) atoms. The fourth-order valence-corrected chi connectivity index (χ4v) is 5.37. The molecule has 3 aliphatic heterocycles. The van der Waals surface area contributed by atoms with Gasteiger partial charge in [0.15, 0.2) is 5.96 Å². The molecule has 1 aromatic carbocycles. The SMILES string of the molecule is CCNC(=NCCc1c[nH]c2ccc(Cl)cc12)N1CC2C3CCC(O3)C2C1.I. The number of ether oxygens (including phenoxy) is 1. The van der Waals surface area contributed by atoms with Crippen molar-refractivity contribution in [1.82, 2.24) is 15.2 Å². The van der Waals surface area contributed by atoms with E-state index in [9.17, 15) is 0 Å². The minimum absolute atomic E-state index is 0. The van der Waals surface area contributed by atoms with Crippen LogP contribution in [0.5, 0.6) is 0 Å². The number of likely N-dealkylation sites (tertiary alicyclic amines) is 1. The fourth-order valence-electron chi connectivity index (χ4n) is 5.20. The maximum Gasteiger partial charge on any atom is 0.193 e. The number of aromatic nitrogens is 1. The molecule has 2 bridgehead atoms. The van der Waals surface area contributed by atoms with Crippen LogP contribution in [-0.4, -0.2) is 54.2 Å². The molecule has 152 valence electrons. The number of hydrogen-bond donors (Lipinski definition) is 2. The highest BCUT2D eigenvalue weighted by Crippen LogP contribution is 2.47. The van der Waals surface area contributed by atoms with Gasteiger partial charge in [-0.15, -0.1) is 24.0 Å². The quantitative estimate of drug-likeness (QED) is 0.368. The zero-order chi connectivity index (χ0) is 18.4. The summed E-state index contributed by atoms with van der Waals surface area (Å²) in [7, 11) is 0. The number of guanidine groups is 1. The van der Waals surface area contributed by atoms with Crippen LogP contribution in [0.1, 0.15) is 25.3 Å². The molecule has 0 saturated carbocycles. The van der Waals surface area contributed by atoms with Gasteiger partial charge >= 0.3 is 0 Å². The van der Waals surface area contributed by atoms with E-state index in [1.807, 2.05) is 18.2 Å². The second-order valence-electron chi connectivity index (χ2n) is 8.01. The van der Waals surface area contributed by atoms with Crippen LogP contribution in [0.3, 0.4) is 0 Å². The topological polar surface area (TPSA) is 52.7 Å². The molecule has 3 saturated heterocycles. The number of nitrogens with zero attached hydrogens (tertiary/aromatic N) is 2. The highest BCUT2D eigenvalue weighted by Gasteiger charge is 2.53. The molecular formula is C21H28ClIN4O. The minimum Gasteiger partial charge on any atom is -0.374 e. The first-order valence-corrected chi connectivity index (χ1v) is 10.5. The summed E-state index contributed by atoms with van der Waals surface area (Å²) in [6.45, 7) is 5.98. The number of H-pyrrole nitrogens is 1. The summed E-state index contributed by atoms with van der Waals surface area (Å²) in [5.41, 5.74) is 2.41. The first-order valence-electron chi connectivity index (χ1n) is 10.2. The van der Waals surface area contributed by atoms with Crippen molar-refractivity contribution in [1.29, 1.82) is 0 Å². The van der Waals surface area contributed by atoms with E-state index in [2.05, 4.69) is 28.3 Å². The summed E-state index contributed by atoms with van der Waals surface area (Å²) in [5, 5.41) is 5.48. The van der Waals surface area contributed by atoms with Crippen molar-refractivity contribution in [2.75, 3.05) is 26.2 Å². The Hall–Kier alpha value is -0.990. The molecule has 0 radical (unpaired) electrons. The van der Waals surface area contributed by atoms with Gasteiger partial charge in [-0.2, -0.15) is 0 Å². The Balaban J connectivity index is 0.00000192. The van der Waals surface area contributed by atoms with Crippen LogP contribution in [0.2, 0.25) is 5.02 Å². The molecule has 4 unspecified atom stereocenters. The molecule has 5 nitrogen and oxygen atoms in total. The van der Waals surface area contributed by atoms with Gasteiger partial charge in [-0.05, 0) is 49.9 Å². The van der Waals surface area contributed by atoms with Crippen LogP contribution >= 0.6 is 35.6 Å². The third-order valence-corrected chi connectivity index (χ3v) is 6.69. The number of aliphatic imine (C=N–C) groups is 1. The molecule has 1 aromatic heterocycles. The normalized spacial score (nSPS) is 28.6. The van der Waals surface area contributed by atoms with Crippen LogP contribution in [-0.2, 0) is 11.2 Å². The Labute approximate surface area is 188 Å². The van der Waals surface area contributed by atoms with Crippen molar-refractivity contribution < 1.29 is 4.74 Å². The van der Waals surface area contributed by atoms with Crippen molar-refractivity contribution in [2.45, 2.75) is 38.4 Å². The molecule has 4 atom stereocenters. The second-order valence-corrected chi connectivity index (χ2v) is 8.45. The predicted molar refractivity (Wildman–Crippen MR) is 125 cm³/mol. The Bertz CT molecular complexity index is 851. The molecule has 5 rings (SSSR count). The van der Waals surface area contributed by atoms with E-state index in [1.54, 1.807) is 0 Å². The predicted octanol–water partition coefficient (Wildman–Crippen LogP) is 4.06. The third kappa shape index (κ3) is 3.63. The summed E-state index contributed by atoms with van der Waals surface area (Å²) < 4.78 is 6.11. The van der Waals surface area contributed by atoms with Crippen molar-refractivity contribution in [3.8, 4) is 0 Å². The molecule has 7 heteroatoms. The number of benzene rings is 1. The van der Waals surface area contributed by atoms with Crippen molar-refractivity contribution in [2.24, 2.45) is 16.8 Å². The van der Waals surface area contributed by atoms with E-state index in [4.69, 9.17) is 21.3 Å². The van der Waals surface area contributed by atoms with Gasteiger partial charge in [0.25, 0.3) is 0 Å². The molecule has 2 N–H and O–H groups in total. The van der Waals surface area contributed by atoms with E-state index in [0.29, 0.717) is 24.0 Å². The Kier molecular flexibility index (Phi) is 6.09. The lowest BCUT2D eigenvalue weighted by molar-refractivity contribution is 0.0767. The van der Waals surface area contributed by atoms with Crippen molar-refractivity contribution in [3.05, 3.63) is 35.0 Å². The van der Waals surface area contributed by atoms with E-state index >= 15 is 0 Å². The van der Waals surface area contributed by atoms with Gasteiger partial charge in [0.1, 0.15) is 0 Å². The summed E-state index contributed by atoms with van der Waals surface area (Å²) in [6, 6.07) is 6.00. The van der Waals surface area contributed by atoms with Gasteiger partial charge in [0.05, 0.1) is 12.2 Å². The van der Waals surface area contributed by atoms with Crippen LogP contribution in [0.25, 0.3) is 10.9 Å². The number of hydrogen-bond acceptors (Lipinski definition) is 2. The summed E-state index contributed by atoms with van der Waals surface area (Å²) >= 11 is 6.17. The van der Waals surface area contributed by atoms with Gasteiger partial charge < -0.3 is 19.9 Å². The molecule has 0 amide bonds. The van der Waals surface area contributed by atoms with E-state index < -0.39 is 0 Å². The molecule has 3 aliphatic rings. The van der Waals surface area contributed by atoms with Crippen LogP contribution < -0.4 is 5.32 Å². The third-order valence-electron chi connectivity index (χ3n) is 6.46. The highest BCUT2D eigenvalue weighted by molar-refractivity contribution is 14.0. The van der Waals surface area contributed by atoms with Crippen molar-refractivity contribution in [3.63, 3.8) is 0 Å². The van der Waals surface area contributed by atoms with Gasteiger partial charge in [0.2, 0.25) is 0 Å². The number of halogens is 2. The summed E-state index contributed by atoms with van der Waals surface area (Å²) in [5.74, 6) is 2.45. The monoisotopic (exact) mass is 514 g/mol. The maximum absolute atomic E-state index is 6.17. The van der Waals surface area contributed by atoms with Crippen LogP contribution in [0.15, 0.2) is 29.4 Å². The van der Waals surface area contributed by atoms with Gasteiger partial charge in [0, 0.05) is 60.1 Å². The molecule has 0 spiro atoms. The standard InChI is InChI=1S/C21H27ClN4O.HI/c1-2-23-21(26-11-16-17(12-26)20-6-5-19(16)27-20)24-8-7-13-10-25-18-4-3-14(22)9-15(13)18;/h3-4,9-10,16-17,19-20,25H,2,5-8,11-12H2,1H3,(H,23,24);1H. The Morgan fingerprint density at radius 2 is 2.04 bits per heavy atom. The zero-order valence-corrected chi connectivity index (χ0v) is 19.2. The summed E-state index contributed by atoms with van der Waals surface area (Å²) in [6.07, 6.45) is 6.46. The largest absolute Gasteiger partial charge is 0.374 e. The lowest BCUT2D eigenvalue weighted by atomic mass is 9.82. The first-order chi connectivity index (χ1) is 13.2. The van der Waals surface area contributed by atoms with E-state index in [0.717, 1.165) is 49.1 Å². The number of nitrogens with one attached hydrogen (secondary N) is 2. The lowest BCUT2D eigenvalue weighted by Gasteiger charge is -2.23. The number of fused-ring (bicyclic) bond motifs is 6. The Morgan fingerprint density at radius 1 is 1.29 bits per heavy atom. The molecular weight excluding hydrogens is 487 g/mol. The smallest absolute Gasteiger partial charge is 0.193 e. The van der Waals surface area contributed by atoms with Gasteiger partial charge in [-0.3, -0.25) is 4.99 Å². The van der Waals surface area contributed by atoms with E-state index in [1.165, 1.54) is 23.8 Å². The fraction of sp³-hybridized carbons (Fsp3) is 0.571. The second kappa shape index (κ2) is 8.40. The number of rotatable bonds is 4. The Morgan fingerprint density at radius 3 is 2.75 bits per heavy atom. The highest BCUT2D eigenvalue weighted by atomic mass is 127. The molecule has 3 fully saturated rings. The van der Waals surface area contributed by atoms with E-state index in [-0.39, 0.29) is 24.0 Å². The zero-order valence-electron chi connectivity index (χ0n) is 16.2. The van der Waals surface area contributed by atoms with Gasteiger partial charge in [-0.25, -0.2) is 0 Å².